The molecule has 0 aromatic rings. The lowest BCUT2D eigenvalue weighted by atomic mass is 10.3. The van der Waals surface area contributed by atoms with Gasteiger partial charge < -0.3 is 5.32 Å². The largest absolute Gasteiger partial charge is 0.316 e. The standard InChI is InChI=1S/C9H17ClN2/c1-8(5-10)6-12-4-3-9(7-12)11-2/h5,9,11H,3-4,6-7H2,1-2H3. The van der Waals surface area contributed by atoms with Crippen LogP contribution < -0.4 is 5.32 Å². The number of hydrogen-bond donors (Lipinski definition) is 1. The van der Waals surface area contributed by atoms with Crippen LogP contribution in [0.5, 0.6) is 0 Å². The van der Waals surface area contributed by atoms with Gasteiger partial charge in [-0.1, -0.05) is 11.6 Å². The molecule has 0 aliphatic carbocycles. The predicted octanol–water partition coefficient (Wildman–Crippen LogP) is 1.42. The lowest BCUT2D eigenvalue weighted by Gasteiger charge is -2.15. The first-order chi connectivity index (χ1) is 5.76. The highest BCUT2D eigenvalue weighted by molar-refractivity contribution is 6.25. The molecule has 0 saturated carbocycles. The van der Waals surface area contributed by atoms with Crippen LogP contribution in [0.15, 0.2) is 11.1 Å². The average molecular weight is 189 g/mol. The monoisotopic (exact) mass is 188 g/mol. The molecule has 0 aromatic heterocycles. The zero-order valence-corrected chi connectivity index (χ0v) is 8.56. The number of nitrogens with zero attached hydrogens (tertiary/aromatic N) is 1. The van der Waals surface area contributed by atoms with Crippen molar-refractivity contribution in [3.63, 3.8) is 0 Å². The van der Waals surface area contributed by atoms with Crippen molar-refractivity contribution >= 4 is 11.6 Å². The van der Waals surface area contributed by atoms with Gasteiger partial charge in [0.25, 0.3) is 0 Å². The van der Waals surface area contributed by atoms with E-state index in [1.165, 1.54) is 18.5 Å². The Labute approximate surface area is 79.6 Å². The highest BCUT2D eigenvalue weighted by atomic mass is 35.5. The zero-order valence-electron chi connectivity index (χ0n) is 7.81. The van der Waals surface area contributed by atoms with Gasteiger partial charge in [0.15, 0.2) is 0 Å². The summed E-state index contributed by atoms with van der Waals surface area (Å²) in [5, 5.41) is 3.29. The normalized spacial score (nSPS) is 26.6. The molecule has 12 heavy (non-hydrogen) atoms. The Hall–Kier alpha value is -0.0500. The summed E-state index contributed by atoms with van der Waals surface area (Å²) in [5.41, 5.74) is 2.92. The first kappa shape index (κ1) is 10.0. The Balaban J connectivity index is 2.28. The summed E-state index contributed by atoms with van der Waals surface area (Å²) in [5.74, 6) is 0. The smallest absolute Gasteiger partial charge is 0.0204 e. The van der Waals surface area contributed by atoms with E-state index in [0.717, 1.165) is 13.1 Å². The number of rotatable bonds is 3. The second kappa shape index (κ2) is 4.85. The molecular weight excluding hydrogens is 172 g/mol. The third-order valence-corrected chi connectivity index (χ3v) is 2.71. The van der Waals surface area contributed by atoms with E-state index in [1.54, 1.807) is 5.54 Å². The summed E-state index contributed by atoms with van der Waals surface area (Å²) < 4.78 is 0. The molecule has 1 aliphatic rings. The lowest BCUT2D eigenvalue weighted by molar-refractivity contribution is 0.358. The molecule has 1 atom stereocenters. The Kier molecular flexibility index (Phi) is 4.06. The molecule has 1 unspecified atom stereocenters. The van der Waals surface area contributed by atoms with Gasteiger partial charge in [-0.15, -0.1) is 0 Å². The van der Waals surface area contributed by atoms with Crippen molar-refractivity contribution in [1.82, 2.24) is 10.2 Å². The SMILES string of the molecule is CNC1CCN(CC(C)=CCl)C1. The topological polar surface area (TPSA) is 15.3 Å². The van der Waals surface area contributed by atoms with Gasteiger partial charge in [0, 0.05) is 31.2 Å². The van der Waals surface area contributed by atoms with Gasteiger partial charge in [-0.2, -0.15) is 0 Å². The third-order valence-electron chi connectivity index (χ3n) is 2.34. The molecular formula is C9H17ClN2. The summed E-state index contributed by atoms with van der Waals surface area (Å²) in [6.07, 6.45) is 1.26. The number of likely N-dealkylation sites (tertiary alicyclic amines) is 1. The first-order valence-corrected chi connectivity index (χ1v) is 4.85. The molecule has 1 heterocycles. The molecule has 0 amide bonds. The fourth-order valence-corrected chi connectivity index (χ4v) is 1.67. The summed E-state index contributed by atoms with van der Waals surface area (Å²) in [7, 11) is 2.03. The second-order valence-electron chi connectivity index (χ2n) is 3.46. The summed E-state index contributed by atoms with van der Waals surface area (Å²) in [6, 6.07) is 0.674. The maximum absolute atomic E-state index is 5.60. The number of hydrogen-bond acceptors (Lipinski definition) is 2. The van der Waals surface area contributed by atoms with E-state index in [0.29, 0.717) is 6.04 Å². The zero-order chi connectivity index (χ0) is 8.97. The fourth-order valence-electron chi connectivity index (χ4n) is 1.60. The highest BCUT2D eigenvalue weighted by Crippen LogP contribution is 2.10. The Bertz CT molecular complexity index is 168. The van der Waals surface area contributed by atoms with Crippen LogP contribution in [0.1, 0.15) is 13.3 Å². The van der Waals surface area contributed by atoms with E-state index >= 15 is 0 Å². The van der Waals surface area contributed by atoms with E-state index in [1.807, 2.05) is 7.05 Å². The van der Waals surface area contributed by atoms with Gasteiger partial charge in [-0.25, -0.2) is 0 Å². The van der Waals surface area contributed by atoms with E-state index in [9.17, 15) is 0 Å². The van der Waals surface area contributed by atoms with Gasteiger partial charge in [-0.3, -0.25) is 4.90 Å². The van der Waals surface area contributed by atoms with Gasteiger partial charge in [0.2, 0.25) is 0 Å². The van der Waals surface area contributed by atoms with Gasteiger partial charge in [0.05, 0.1) is 0 Å². The van der Waals surface area contributed by atoms with Gasteiger partial charge >= 0.3 is 0 Å². The van der Waals surface area contributed by atoms with Crippen LogP contribution >= 0.6 is 11.6 Å². The number of likely N-dealkylation sites (N-methyl/N-ethyl adjacent to an activating group) is 1. The van der Waals surface area contributed by atoms with Gasteiger partial charge in [0.1, 0.15) is 0 Å². The maximum Gasteiger partial charge on any atom is 0.0204 e. The molecule has 1 rings (SSSR count). The second-order valence-corrected chi connectivity index (χ2v) is 3.68. The molecule has 1 fully saturated rings. The Morgan fingerprint density at radius 1 is 1.75 bits per heavy atom. The summed E-state index contributed by atoms with van der Waals surface area (Å²) >= 11 is 5.60. The molecule has 1 aliphatic heterocycles. The van der Waals surface area contributed by atoms with E-state index in [4.69, 9.17) is 11.6 Å². The van der Waals surface area contributed by atoms with Crippen LogP contribution in [0.3, 0.4) is 0 Å². The summed E-state index contributed by atoms with van der Waals surface area (Å²) in [4.78, 5) is 2.43. The van der Waals surface area contributed by atoms with Crippen molar-refractivity contribution in [2.24, 2.45) is 0 Å². The Morgan fingerprint density at radius 2 is 2.50 bits per heavy atom. The van der Waals surface area contributed by atoms with Crippen molar-refractivity contribution < 1.29 is 0 Å². The predicted molar refractivity (Wildman–Crippen MR) is 53.5 cm³/mol. The van der Waals surface area contributed by atoms with Crippen LogP contribution in [0, 0.1) is 0 Å². The summed E-state index contributed by atoms with van der Waals surface area (Å²) in [6.45, 7) is 5.42. The quantitative estimate of drug-likeness (QED) is 0.721. The third kappa shape index (κ3) is 2.77. The minimum Gasteiger partial charge on any atom is -0.316 e. The van der Waals surface area contributed by atoms with Gasteiger partial charge in [-0.05, 0) is 26.0 Å². The highest BCUT2D eigenvalue weighted by Gasteiger charge is 2.20. The molecule has 1 saturated heterocycles. The lowest BCUT2D eigenvalue weighted by Crippen LogP contribution is -2.30. The number of nitrogens with one attached hydrogen (secondary N) is 1. The van der Waals surface area contributed by atoms with Crippen molar-refractivity contribution in [3.8, 4) is 0 Å². The van der Waals surface area contributed by atoms with E-state index < -0.39 is 0 Å². The molecule has 3 heteroatoms. The molecule has 0 radical (unpaired) electrons. The average Bonchev–Trinajstić information content (AvgIpc) is 2.52. The minimum absolute atomic E-state index is 0.674. The molecule has 0 spiro atoms. The van der Waals surface area contributed by atoms with E-state index in [2.05, 4.69) is 17.1 Å². The van der Waals surface area contributed by atoms with Crippen molar-refractivity contribution in [2.75, 3.05) is 26.7 Å². The number of halogens is 1. The van der Waals surface area contributed by atoms with Crippen LogP contribution in [-0.4, -0.2) is 37.6 Å². The van der Waals surface area contributed by atoms with Crippen molar-refractivity contribution in [2.45, 2.75) is 19.4 Å². The molecule has 1 N–H and O–H groups in total. The molecule has 2 nitrogen and oxygen atoms in total. The van der Waals surface area contributed by atoms with Crippen LogP contribution in [0.25, 0.3) is 0 Å². The van der Waals surface area contributed by atoms with Crippen molar-refractivity contribution in [1.29, 1.82) is 0 Å². The minimum atomic E-state index is 0.674. The van der Waals surface area contributed by atoms with Crippen LogP contribution in [-0.2, 0) is 0 Å². The van der Waals surface area contributed by atoms with E-state index in [-0.39, 0.29) is 0 Å². The fraction of sp³-hybridized carbons (Fsp3) is 0.778. The van der Waals surface area contributed by atoms with Crippen LogP contribution in [0.4, 0.5) is 0 Å². The molecule has 70 valence electrons. The molecule has 0 aromatic carbocycles. The first-order valence-electron chi connectivity index (χ1n) is 4.41. The van der Waals surface area contributed by atoms with Crippen molar-refractivity contribution in [3.05, 3.63) is 11.1 Å². The molecule has 0 bridgehead atoms. The van der Waals surface area contributed by atoms with Crippen LogP contribution in [0.2, 0.25) is 0 Å². The maximum atomic E-state index is 5.60. The Morgan fingerprint density at radius 3 is 3.00 bits per heavy atom.